The van der Waals surface area contributed by atoms with Crippen LogP contribution in [0, 0.1) is 17.8 Å². The van der Waals surface area contributed by atoms with E-state index in [0.717, 1.165) is 29.6 Å². The van der Waals surface area contributed by atoms with Crippen molar-refractivity contribution in [3.8, 4) is 5.75 Å². The van der Waals surface area contributed by atoms with Crippen molar-refractivity contribution in [1.29, 1.82) is 0 Å². The largest absolute Gasteiger partial charge is 0.508 e. The van der Waals surface area contributed by atoms with Crippen molar-refractivity contribution in [1.82, 2.24) is 4.90 Å². The molecule has 3 aromatic rings. The van der Waals surface area contributed by atoms with Crippen LogP contribution in [0.25, 0.3) is 6.08 Å². The van der Waals surface area contributed by atoms with Crippen molar-refractivity contribution in [3.63, 3.8) is 0 Å². The fourth-order valence-corrected chi connectivity index (χ4v) is 13.9. The molecule has 2 saturated heterocycles. The highest BCUT2D eigenvalue weighted by molar-refractivity contribution is 6.99. The number of aromatic hydroxyl groups is 1. The molecule has 2 aliphatic heterocycles. The Bertz CT molecular complexity index is 1800. The Morgan fingerprint density at radius 3 is 2.21 bits per heavy atom. The standard InChI is InChI=1S/C43H53BClNO6Si/c1-6-14-29(24-30-20-21-32(47)26-37(30)45)19-22-38-39-31(25-35-40(36(39)27-44(50)52-38)42(49)46(23-7-2)41(35)48)28-51-53(43(3,4)5,33-15-10-8-11-16-33)34-17-12-9-13-18-34/h8-13,15-18,20-21,24,26,35-36,38,40,47,50H,6-7,14,19,22-23,25,27-28H2,1-5H3/b29-24+/t35-,36+,38-,40-/m1/s1. The summed E-state index contributed by atoms with van der Waals surface area (Å²) in [6.07, 6.45) is 6.07. The molecule has 7 nitrogen and oxygen atoms in total. The number of likely N-dealkylation sites (tertiary alicyclic amines) is 1. The van der Waals surface area contributed by atoms with Gasteiger partial charge in [-0.05, 0) is 94.7 Å². The summed E-state index contributed by atoms with van der Waals surface area (Å²) in [7, 11) is -4.00. The van der Waals surface area contributed by atoms with E-state index in [9.17, 15) is 19.7 Å². The lowest BCUT2D eigenvalue weighted by Crippen LogP contribution is -2.66. The van der Waals surface area contributed by atoms with E-state index in [0.29, 0.717) is 43.9 Å². The van der Waals surface area contributed by atoms with Crippen molar-refractivity contribution in [2.45, 2.75) is 90.6 Å². The molecule has 2 heterocycles. The van der Waals surface area contributed by atoms with Gasteiger partial charge in [-0.25, -0.2) is 0 Å². The number of benzene rings is 3. The lowest BCUT2D eigenvalue weighted by Gasteiger charge is -2.46. The molecule has 0 spiro atoms. The summed E-state index contributed by atoms with van der Waals surface area (Å²) < 4.78 is 13.9. The van der Waals surface area contributed by atoms with Crippen LogP contribution >= 0.6 is 11.6 Å². The van der Waals surface area contributed by atoms with Crippen LogP contribution in [0.4, 0.5) is 0 Å². The number of hydrogen-bond donors (Lipinski definition) is 2. The topological polar surface area (TPSA) is 96.3 Å². The minimum Gasteiger partial charge on any atom is -0.508 e. The van der Waals surface area contributed by atoms with Crippen LogP contribution in [0.3, 0.4) is 0 Å². The van der Waals surface area contributed by atoms with Gasteiger partial charge in [0.2, 0.25) is 11.8 Å². The number of carbonyl (C=O) groups excluding carboxylic acids is 2. The summed E-state index contributed by atoms with van der Waals surface area (Å²) in [5.74, 6) is -1.46. The van der Waals surface area contributed by atoms with Crippen molar-refractivity contribution in [3.05, 3.63) is 106 Å². The highest BCUT2D eigenvalue weighted by Gasteiger charge is 2.58. The highest BCUT2D eigenvalue weighted by atomic mass is 35.5. The van der Waals surface area contributed by atoms with Crippen molar-refractivity contribution in [2.24, 2.45) is 17.8 Å². The van der Waals surface area contributed by atoms with Crippen LogP contribution in [0.1, 0.15) is 78.7 Å². The third-order valence-electron chi connectivity index (χ3n) is 11.4. The monoisotopic (exact) mass is 753 g/mol. The second kappa shape index (κ2) is 16.5. The molecule has 2 N–H and O–H groups in total. The van der Waals surface area contributed by atoms with Gasteiger partial charge in [0.05, 0.1) is 29.6 Å². The van der Waals surface area contributed by atoms with Crippen LogP contribution < -0.4 is 10.4 Å². The zero-order valence-corrected chi connectivity index (χ0v) is 33.4. The average molecular weight is 754 g/mol. The van der Waals surface area contributed by atoms with Crippen molar-refractivity contribution < 1.29 is 28.8 Å². The summed E-state index contributed by atoms with van der Waals surface area (Å²) in [5, 5.41) is 23.7. The van der Waals surface area contributed by atoms with E-state index in [4.69, 9.17) is 20.7 Å². The van der Waals surface area contributed by atoms with E-state index < -0.39 is 33.4 Å². The molecule has 2 amide bonds. The zero-order chi connectivity index (χ0) is 37.9. The number of amides is 2. The lowest BCUT2D eigenvalue weighted by molar-refractivity contribution is -0.140. The fourth-order valence-electron chi connectivity index (χ4n) is 9.12. The summed E-state index contributed by atoms with van der Waals surface area (Å²) in [4.78, 5) is 29.5. The molecule has 2 fully saturated rings. The number of phenols is 1. The molecule has 0 bridgehead atoms. The number of allylic oxidation sites excluding steroid dienone is 1. The molecule has 0 radical (unpaired) electrons. The Hall–Kier alpha value is -3.47. The molecule has 4 atom stereocenters. The number of hydrogen-bond acceptors (Lipinski definition) is 6. The first-order valence-corrected chi connectivity index (χ1v) is 21.5. The van der Waals surface area contributed by atoms with Gasteiger partial charge >= 0.3 is 7.12 Å². The minimum absolute atomic E-state index is 0.111. The van der Waals surface area contributed by atoms with Crippen LogP contribution in [0.2, 0.25) is 16.4 Å². The van der Waals surface area contributed by atoms with Gasteiger partial charge in [0.15, 0.2) is 0 Å². The molecule has 3 aromatic carbocycles. The van der Waals surface area contributed by atoms with E-state index in [1.807, 2.05) is 25.1 Å². The van der Waals surface area contributed by atoms with Gasteiger partial charge < -0.3 is 19.2 Å². The van der Waals surface area contributed by atoms with Crippen LogP contribution in [0.15, 0.2) is 95.6 Å². The van der Waals surface area contributed by atoms with Crippen LogP contribution in [-0.4, -0.2) is 61.5 Å². The molecule has 0 unspecified atom stereocenters. The Labute approximate surface area is 321 Å². The first-order valence-electron chi connectivity index (χ1n) is 19.2. The van der Waals surface area contributed by atoms with Gasteiger partial charge in [0.25, 0.3) is 8.32 Å². The third kappa shape index (κ3) is 7.87. The summed E-state index contributed by atoms with van der Waals surface area (Å²) in [6, 6.07) is 26.1. The predicted molar refractivity (Wildman–Crippen MR) is 216 cm³/mol. The summed E-state index contributed by atoms with van der Waals surface area (Å²) >= 11 is 6.51. The first kappa shape index (κ1) is 39.2. The third-order valence-corrected chi connectivity index (χ3v) is 16.7. The van der Waals surface area contributed by atoms with Gasteiger partial charge in [-0.1, -0.05) is 125 Å². The van der Waals surface area contributed by atoms with Crippen molar-refractivity contribution >= 4 is 55.3 Å². The highest BCUT2D eigenvalue weighted by Crippen LogP contribution is 2.51. The molecule has 3 aliphatic rings. The van der Waals surface area contributed by atoms with Gasteiger partial charge in [-0.15, -0.1) is 0 Å². The Morgan fingerprint density at radius 1 is 0.962 bits per heavy atom. The molecule has 0 aromatic heterocycles. The van der Waals surface area contributed by atoms with E-state index in [-0.39, 0.29) is 34.8 Å². The maximum absolute atomic E-state index is 14.0. The number of imide groups is 1. The number of rotatable bonds is 13. The smallest absolute Gasteiger partial charge is 0.455 e. The fraction of sp³-hybridized carbons (Fsp3) is 0.442. The Kier molecular flexibility index (Phi) is 12.2. The number of nitrogens with zero attached hydrogens (tertiary/aromatic N) is 1. The molecule has 10 heteroatoms. The summed E-state index contributed by atoms with van der Waals surface area (Å²) in [6.45, 7) is 11.6. The van der Waals surface area contributed by atoms with E-state index in [2.05, 4.69) is 82.3 Å². The molecule has 53 heavy (non-hydrogen) atoms. The molecular formula is C43H53BClNO6Si. The van der Waals surface area contributed by atoms with Gasteiger partial charge in [-0.2, -0.15) is 0 Å². The minimum atomic E-state index is -2.94. The quantitative estimate of drug-likeness (QED) is 0.105. The van der Waals surface area contributed by atoms with Gasteiger partial charge in [0, 0.05) is 6.54 Å². The van der Waals surface area contributed by atoms with Crippen LogP contribution in [0.5, 0.6) is 5.75 Å². The molecular weight excluding hydrogens is 701 g/mol. The predicted octanol–water partition coefficient (Wildman–Crippen LogP) is 7.79. The molecule has 280 valence electrons. The van der Waals surface area contributed by atoms with E-state index >= 15 is 0 Å². The number of carbonyl (C=O) groups is 2. The molecule has 1 aliphatic carbocycles. The number of phenolic OH excluding ortho intramolecular Hbond substituents is 1. The zero-order valence-electron chi connectivity index (χ0n) is 31.7. The first-order chi connectivity index (χ1) is 25.4. The SMILES string of the molecule is CCC/C(=C\c1ccc(O)cc1Cl)CC[C@H]1OB(O)C[C@H]2C1=C(CO[Si](c1ccccc1)(c1ccccc1)C(C)(C)C)C[C@H]1C(=O)N(CCC)C(=O)[C@H]12. The maximum atomic E-state index is 14.0. The Morgan fingerprint density at radius 2 is 1.62 bits per heavy atom. The van der Waals surface area contributed by atoms with Crippen LogP contribution in [-0.2, 0) is 18.7 Å². The van der Waals surface area contributed by atoms with Gasteiger partial charge in [0.1, 0.15) is 5.75 Å². The normalized spacial score (nSPS) is 22.4. The lowest BCUT2D eigenvalue weighted by atomic mass is 9.58. The van der Waals surface area contributed by atoms with E-state index in [1.165, 1.54) is 20.8 Å². The molecule has 0 saturated carbocycles. The Balaban J connectivity index is 1.43. The summed E-state index contributed by atoms with van der Waals surface area (Å²) in [5.41, 5.74) is 4.05. The van der Waals surface area contributed by atoms with Crippen molar-refractivity contribution in [2.75, 3.05) is 13.2 Å². The number of halogens is 1. The average Bonchev–Trinajstić information content (AvgIpc) is 3.36. The number of fused-ring (bicyclic) bond motifs is 3. The maximum Gasteiger partial charge on any atom is 0.455 e. The second-order valence-electron chi connectivity index (χ2n) is 15.9. The second-order valence-corrected chi connectivity index (χ2v) is 20.6. The van der Waals surface area contributed by atoms with E-state index in [1.54, 1.807) is 12.1 Å². The van der Waals surface area contributed by atoms with Gasteiger partial charge in [-0.3, -0.25) is 14.5 Å². The molecule has 6 rings (SSSR count).